The first-order valence-corrected chi connectivity index (χ1v) is 6.36. The Kier molecular flexibility index (Phi) is 3.23. The van der Waals surface area contributed by atoms with Crippen molar-refractivity contribution >= 4 is 16.9 Å². The van der Waals surface area contributed by atoms with E-state index in [-0.39, 0.29) is 5.56 Å². The van der Waals surface area contributed by atoms with Crippen molar-refractivity contribution < 1.29 is 14.6 Å². The molecule has 0 atom stereocenters. The normalized spacial score (nSPS) is 10.5. The number of carbonyl (C=O) groups is 1. The van der Waals surface area contributed by atoms with Gasteiger partial charge in [-0.15, -0.1) is 0 Å². The monoisotopic (exact) mass is 280 g/mol. The molecule has 5 nitrogen and oxygen atoms in total. The molecule has 5 heteroatoms. The topological polar surface area (TPSA) is 72.3 Å². The maximum Gasteiger partial charge on any atom is 0.335 e. The number of hydrogen-bond acceptors (Lipinski definition) is 4. The van der Waals surface area contributed by atoms with E-state index in [9.17, 15) is 4.79 Å². The van der Waals surface area contributed by atoms with Crippen LogP contribution in [0, 0.1) is 6.92 Å². The van der Waals surface area contributed by atoms with Crippen molar-refractivity contribution in [3.05, 3.63) is 59.9 Å². The molecule has 1 heterocycles. The second-order valence-electron chi connectivity index (χ2n) is 4.63. The third kappa shape index (κ3) is 2.67. The van der Waals surface area contributed by atoms with Crippen LogP contribution in [0.3, 0.4) is 0 Å². The molecule has 1 N–H and O–H groups in total. The highest BCUT2D eigenvalue weighted by molar-refractivity contribution is 5.94. The fourth-order valence-corrected chi connectivity index (χ4v) is 1.96. The van der Waals surface area contributed by atoms with Crippen LogP contribution < -0.4 is 4.74 Å². The molecular weight excluding hydrogens is 268 g/mol. The van der Waals surface area contributed by atoms with Crippen molar-refractivity contribution in [2.45, 2.75) is 6.92 Å². The summed E-state index contributed by atoms with van der Waals surface area (Å²) in [5.41, 5.74) is 1.86. The largest absolute Gasteiger partial charge is 0.478 e. The molecule has 0 bridgehead atoms. The molecular formula is C16H12N2O3. The van der Waals surface area contributed by atoms with Gasteiger partial charge in [0.2, 0.25) is 5.88 Å². The van der Waals surface area contributed by atoms with E-state index in [1.165, 1.54) is 18.5 Å². The van der Waals surface area contributed by atoms with Crippen LogP contribution in [0.5, 0.6) is 11.6 Å². The lowest BCUT2D eigenvalue weighted by Gasteiger charge is -2.08. The standard InChI is InChI=1S/C16H12N2O3/c1-10-2-5-12(6-3-10)21-15-13-7-4-11(16(19)20)8-14(13)17-9-18-15/h2-9H,1H3,(H,19,20). The first-order valence-electron chi connectivity index (χ1n) is 6.36. The van der Waals surface area contributed by atoms with Crippen LogP contribution in [-0.4, -0.2) is 21.0 Å². The summed E-state index contributed by atoms with van der Waals surface area (Å²) in [5.74, 6) is 0.0835. The summed E-state index contributed by atoms with van der Waals surface area (Å²) in [5, 5.41) is 9.67. The molecule has 3 aromatic rings. The minimum atomic E-state index is -0.989. The van der Waals surface area contributed by atoms with E-state index in [0.29, 0.717) is 22.5 Å². The van der Waals surface area contributed by atoms with Gasteiger partial charge in [-0.25, -0.2) is 14.8 Å². The second kappa shape index (κ2) is 5.20. The van der Waals surface area contributed by atoms with Gasteiger partial charge < -0.3 is 9.84 Å². The molecule has 21 heavy (non-hydrogen) atoms. The van der Waals surface area contributed by atoms with Crippen molar-refractivity contribution in [3.63, 3.8) is 0 Å². The van der Waals surface area contributed by atoms with Crippen molar-refractivity contribution in [2.24, 2.45) is 0 Å². The zero-order valence-corrected chi connectivity index (χ0v) is 11.3. The van der Waals surface area contributed by atoms with E-state index in [4.69, 9.17) is 9.84 Å². The van der Waals surface area contributed by atoms with Crippen molar-refractivity contribution in [1.82, 2.24) is 9.97 Å². The number of aromatic nitrogens is 2. The van der Waals surface area contributed by atoms with Gasteiger partial charge in [0.1, 0.15) is 12.1 Å². The Morgan fingerprint density at radius 1 is 1.10 bits per heavy atom. The number of nitrogens with zero attached hydrogens (tertiary/aromatic N) is 2. The van der Waals surface area contributed by atoms with Crippen LogP contribution in [0.2, 0.25) is 0 Å². The first-order chi connectivity index (χ1) is 10.1. The Hall–Kier alpha value is -2.95. The number of rotatable bonds is 3. The Bertz CT molecular complexity index is 813. The molecule has 2 aromatic carbocycles. The van der Waals surface area contributed by atoms with Crippen LogP contribution in [0.25, 0.3) is 10.9 Å². The number of carboxylic acids is 1. The summed E-state index contributed by atoms with van der Waals surface area (Å²) in [6, 6.07) is 12.3. The highest BCUT2D eigenvalue weighted by Gasteiger charge is 2.09. The van der Waals surface area contributed by atoms with E-state index in [1.54, 1.807) is 6.07 Å². The van der Waals surface area contributed by atoms with Gasteiger partial charge in [-0.2, -0.15) is 0 Å². The maximum absolute atomic E-state index is 11.0. The summed E-state index contributed by atoms with van der Waals surface area (Å²) in [4.78, 5) is 19.2. The fraction of sp³-hybridized carbons (Fsp3) is 0.0625. The number of aryl methyl sites for hydroxylation is 1. The highest BCUT2D eigenvalue weighted by atomic mass is 16.5. The molecule has 104 valence electrons. The number of hydrogen-bond donors (Lipinski definition) is 1. The molecule has 0 amide bonds. The summed E-state index contributed by atoms with van der Waals surface area (Å²) in [6.07, 6.45) is 1.36. The SMILES string of the molecule is Cc1ccc(Oc2ncnc3cc(C(=O)O)ccc23)cc1. The number of carboxylic acid groups (broad SMARTS) is 1. The molecule has 0 aliphatic heterocycles. The van der Waals surface area contributed by atoms with Gasteiger partial charge in [-0.1, -0.05) is 17.7 Å². The maximum atomic E-state index is 11.0. The van der Waals surface area contributed by atoms with Crippen LogP contribution >= 0.6 is 0 Å². The fourth-order valence-electron chi connectivity index (χ4n) is 1.96. The van der Waals surface area contributed by atoms with Crippen molar-refractivity contribution in [1.29, 1.82) is 0 Å². The molecule has 0 unspecified atom stereocenters. The third-order valence-corrected chi connectivity index (χ3v) is 3.08. The lowest BCUT2D eigenvalue weighted by molar-refractivity contribution is 0.0697. The van der Waals surface area contributed by atoms with Gasteiger partial charge in [0.15, 0.2) is 0 Å². The van der Waals surface area contributed by atoms with Crippen LogP contribution in [0.1, 0.15) is 15.9 Å². The molecule has 3 rings (SSSR count). The predicted octanol–water partition coefficient (Wildman–Crippen LogP) is 3.43. The summed E-state index contributed by atoms with van der Waals surface area (Å²) in [7, 11) is 0. The van der Waals surface area contributed by atoms with Gasteiger partial charge in [0.05, 0.1) is 16.5 Å². The molecule has 0 aliphatic rings. The van der Waals surface area contributed by atoms with Crippen molar-refractivity contribution in [2.75, 3.05) is 0 Å². The van der Waals surface area contributed by atoms with Gasteiger partial charge in [-0.3, -0.25) is 0 Å². The lowest BCUT2D eigenvalue weighted by atomic mass is 10.1. The van der Waals surface area contributed by atoms with E-state index >= 15 is 0 Å². The Morgan fingerprint density at radius 3 is 2.57 bits per heavy atom. The smallest absolute Gasteiger partial charge is 0.335 e. The Labute approximate surface area is 120 Å². The van der Waals surface area contributed by atoms with E-state index in [2.05, 4.69) is 9.97 Å². The van der Waals surface area contributed by atoms with E-state index in [0.717, 1.165) is 5.56 Å². The zero-order valence-electron chi connectivity index (χ0n) is 11.3. The number of fused-ring (bicyclic) bond motifs is 1. The second-order valence-corrected chi connectivity index (χ2v) is 4.63. The van der Waals surface area contributed by atoms with Crippen LogP contribution in [0.4, 0.5) is 0 Å². The molecule has 0 fully saturated rings. The molecule has 0 aliphatic carbocycles. The molecule has 0 saturated carbocycles. The summed E-state index contributed by atoms with van der Waals surface area (Å²) >= 11 is 0. The van der Waals surface area contributed by atoms with Gasteiger partial charge in [-0.05, 0) is 37.3 Å². The van der Waals surface area contributed by atoms with Crippen LogP contribution in [-0.2, 0) is 0 Å². The lowest BCUT2D eigenvalue weighted by Crippen LogP contribution is -1.97. The molecule has 1 aromatic heterocycles. The Morgan fingerprint density at radius 2 is 1.86 bits per heavy atom. The van der Waals surface area contributed by atoms with Gasteiger partial charge >= 0.3 is 5.97 Å². The van der Waals surface area contributed by atoms with Crippen molar-refractivity contribution in [3.8, 4) is 11.6 Å². The minimum absolute atomic E-state index is 0.183. The van der Waals surface area contributed by atoms with Gasteiger partial charge in [0, 0.05) is 0 Å². The Balaban J connectivity index is 2.02. The zero-order chi connectivity index (χ0) is 14.8. The predicted molar refractivity (Wildman–Crippen MR) is 77.8 cm³/mol. The first kappa shape index (κ1) is 13.1. The third-order valence-electron chi connectivity index (χ3n) is 3.08. The number of ether oxygens (including phenoxy) is 1. The summed E-state index contributed by atoms with van der Waals surface area (Å²) in [6.45, 7) is 2.00. The minimum Gasteiger partial charge on any atom is -0.478 e. The molecule has 0 saturated heterocycles. The quantitative estimate of drug-likeness (QED) is 0.795. The van der Waals surface area contributed by atoms with Crippen LogP contribution in [0.15, 0.2) is 48.8 Å². The van der Waals surface area contributed by atoms with Gasteiger partial charge in [0.25, 0.3) is 0 Å². The molecule has 0 spiro atoms. The number of benzene rings is 2. The average Bonchev–Trinajstić information content (AvgIpc) is 2.49. The van der Waals surface area contributed by atoms with E-state index < -0.39 is 5.97 Å². The highest BCUT2D eigenvalue weighted by Crippen LogP contribution is 2.27. The average molecular weight is 280 g/mol. The molecule has 0 radical (unpaired) electrons. The summed E-state index contributed by atoms with van der Waals surface area (Å²) < 4.78 is 5.75. The number of aromatic carboxylic acids is 1. The van der Waals surface area contributed by atoms with E-state index in [1.807, 2.05) is 31.2 Å².